The second-order valence-electron chi connectivity index (χ2n) is 5.68. The van der Waals surface area contributed by atoms with Crippen LogP contribution in [0.1, 0.15) is 31.9 Å². The van der Waals surface area contributed by atoms with Crippen LogP contribution >= 0.6 is 0 Å². The van der Waals surface area contributed by atoms with E-state index in [1.807, 2.05) is 13.8 Å². The van der Waals surface area contributed by atoms with Crippen LogP contribution < -0.4 is 10.2 Å². The van der Waals surface area contributed by atoms with E-state index in [0.29, 0.717) is 12.0 Å². The second kappa shape index (κ2) is 6.31. The van der Waals surface area contributed by atoms with Crippen LogP contribution in [-0.4, -0.2) is 34.8 Å². The molecule has 1 aromatic rings. The number of halogens is 1. The minimum Gasteiger partial charge on any atom is -0.465 e. The highest BCUT2D eigenvalue weighted by Crippen LogP contribution is 2.29. The molecule has 0 radical (unpaired) electrons. The monoisotopic (exact) mass is 310 g/mol. The van der Waals surface area contributed by atoms with Crippen LogP contribution in [-0.2, 0) is 4.79 Å². The summed E-state index contributed by atoms with van der Waals surface area (Å²) in [5.41, 5.74) is 0.544. The average molecular weight is 310 g/mol. The third-order valence-electron chi connectivity index (χ3n) is 3.74. The summed E-state index contributed by atoms with van der Waals surface area (Å²) in [5, 5.41) is 20.7. The maximum absolute atomic E-state index is 14.2. The number of amides is 2. The molecule has 1 heterocycles. The first-order valence-corrected chi connectivity index (χ1v) is 7.09. The summed E-state index contributed by atoms with van der Waals surface area (Å²) in [7, 11) is 0. The fourth-order valence-electron chi connectivity index (χ4n) is 2.51. The zero-order chi connectivity index (χ0) is 16.4. The maximum Gasteiger partial charge on any atom is 0.405 e. The van der Waals surface area contributed by atoms with Crippen molar-refractivity contribution in [2.75, 3.05) is 11.4 Å². The lowest BCUT2D eigenvalue weighted by Gasteiger charge is -2.20. The topological polar surface area (TPSA) is 89.9 Å². The molecule has 1 aliphatic heterocycles. The molecule has 6 nitrogen and oxygen atoms in total. The second-order valence-corrected chi connectivity index (χ2v) is 5.68. The Morgan fingerprint density at radius 2 is 2.14 bits per heavy atom. The van der Waals surface area contributed by atoms with Crippen molar-refractivity contribution in [3.8, 4) is 0 Å². The fourth-order valence-corrected chi connectivity index (χ4v) is 2.51. The van der Waals surface area contributed by atoms with E-state index in [-0.39, 0.29) is 18.2 Å². The van der Waals surface area contributed by atoms with Gasteiger partial charge in [-0.05, 0) is 30.0 Å². The summed E-state index contributed by atoms with van der Waals surface area (Å²) >= 11 is 0. The Bertz CT molecular complexity index is 591. The number of anilines is 1. The Balaban J connectivity index is 2.20. The molecule has 2 atom stereocenters. The number of carbonyl (C=O) groups is 2. The standard InChI is InChI=1S/C15H19FN2O4/c1-8(2)13(19)9-3-4-12(10(16)7-9)18-6-5-11(14(18)20)17-15(21)22/h3-4,7-8,11,13,17,19H,5-6H2,1-2H3,(H,21,22)/t11-,13?/m0/s1. The normalized spacial score (nSPS) is 19.6. The van der Waals surface area contributed by atoms with Crippen LogP contribution in [0.5, 0.6) is 0 Å². The number of hydrogen-bond donors (Lipinski definition) is 3. The van der Waals surface area contributed by atoms with Crippen LogP contribution in [0.15, 0.2) is 18.2 Å². The lowest BCUT2D eigenvalue weighted by molar-refractivity contribution is -0.118. The van der Waals surface area contributed by atoms with Crippen molar-refractivity contribution in [2.45, 2.75) is 32.4 Å². The van der Waals surface area contributed by atoms with Crippen molar-refractivity contribution in [1.82, 2.24) is 5.32 Å². The highest BCUT2D eigenvalue weighted by Gasteiger charge is 2.35. The molecule has 2 rings (SSSR count). The Morgan fingerprint density at radius 3 is 2.68 bits per heavy atom. The first-order chi connectivity index (χ1) is 10.3. The molecular formula is C15H19FN2O4. The van der Waals surface area contributed by atoms with E-state index < -0.39 is 30.0 Å². The molecule has 0 spiro atoms. The van der Waals surface area contributed by atoms with Gasteiger partial charge in [-0.25, -0.2) is 9.18 Å². The number of nitrogens with one attached hydrogen (secondary N) is 1. The summed E-state index contributed by atoms with van der Waals surface area (Å²) in [6, 6.07) is 3.38. The van der Waals surface area contributed by atoms with Gasteiger partial charge in [0.25, 0.3) is 0 Å². The van der Waals surface area contributed by atoms with Crippen molar-refractivity contribution in [1.29, 1.82) is 0 Å². The molecule has 0 saturated carbocycles. The van der Waals surface area contributed by atoms with E-state index in [1.165, 1.54) is 17.0 Å². The lowest BCUT2D eigenvalue weighted by atomic mass is 9.99. The number of benzene rings is 1. The first-order valence-electron chi connectivity index (χ1n) is 7.09. The predicted octanol–water partition coefficient (Wildman–Crippen LogP) is 1.89. The highest BCUT2D eigenvalue weighted by molar-refractivity contribution is 6.00. The number of rotatable bonds is 4. The summed E-state index contributed by atoms with van der Waals surface area (Å²) in [5.74, 6) is -1.14. The largest absolute Gasteiger partial charge is 0.465 e. The first kappa shape index (κ1) is 16.2. The Kier molecular flexibility index (Phi) is 4.65. The summed E-state index contributed by atoms with van der Waals surface area (Å²) in [6.45, 7) is 3.89. The Hall–Kier alpha value is -2.15. The molecule has 0 aliphatic carbocycles. The van der Waals surface area contributed by atoms with E-state index >= 15 is 0 Å². The molecule has 2 amide bonds. The molecular weight excluding hydrogens is 291 g/mol. The quantitative estimate of drug-likeness (QED) is 0.792. The van der Waals surface area contributed by atoms with Crippen LogP contribution in [0.25, 0.3) is 0 Å². The minimum absolute atomic E-state index is 0.0529. The van der Waals surface area contributed by atoms with Gasteiger partial charge >= 0.3 is 6.09 Å². The highest BCUT2D eigenvalue weighted by atomic mass is 19.1. The SMILES string of the molecule is CC(C)C(O)c1ccc(N2CC[C@H](NC(=O)O)C2=O)c(F)c1. The number of hydrogen-bond acceptors (Lipinski definition) is 3. The van der Waals surface area contributed by atoms with Gasteiger partial charge in [0.2, 0.25) is 5.91 Å². The third kappa shape index (κ3) is 3.19. The summed E-state index contributed by atoms with van der Waals surface area (Å²) in [4.78, 5) is 23.9. The minimum atomic E-state index is -1.28. The number of carboxylic acid groups (broad SMARTS) is 1. The zero-order valence-corrected chi connectivity index (χ0v) is 12.4. The molecule has 1 aromatic carbocycles. The van der Waals surface area contributed by atoms with Crippen LogP contribution in [0, 0.1) is 11.7 Å². The lowest BCUT2D eigenvalue weighted by Crippen LogP contribution is -2.41. The van der Waals surface area contributed by atoms with Gasteiger partial charge < -0.3 is 20.4 Å². The van der Waals surface area contributed by atoms with Gasteiger partial charge in [0.05, 0.1) is 11.8 Å². The molecule has 7 heteroatoms. The van der Waals surface area contributed by atoms with Crippen molar-refractivity contribution in [3.63, 3.8) is 0 Å². The van der Waals surface area contributed by atoms with Crippen molar-refractivity contribution >= 4 is 17.7 Å². The van der Waals surface area contributed by atoms with Gasteiger partial charge in [0.1, 0.15) is 11.9 Å². The molecule has 0 aromatic heterocycles. The Labute approximate surface area is 127 Å². The van der Waals surface area contributed by atoms with E-state index in [4.69, 9.17) is 5.11 Å². The van der Waals surface area contributed by atoms with Crippen molar-refractivity contribution < 1.29 is 24.2 Å². The van der Waals surface area contributed by atoms with Gasteiger partial charge in [-0.3, -0.25) is 4.79 Å². The number of carbonyl (C=O) groups excluding carboxylic acids is 1. The van der Waals surface area contributed by atoms with Gasteiger partial charge in [-0.15, -0.1) is 0 Å². The maximum atomic E-state index is 14.2. The zero-order valence-electron chi connectivity index (χ0n) is 12.4. The predicted molar refractivity (Wildman–Crippen MR) is 78.1 cm³/mol. The van der Waals surface area contributed by atoms with Gasteiger partial charge in [0.15, 0.2) is 0 Å². The van der Waals surface area contributed by atoms with E-state index in [1.54, 1.807) is 6.07 Å². The van der Waals surface area contributed by atoms with E-state index in [2.05, 4.69) is 5.32 Å². The smallest absolute Gasteiger partial charge is 0.405 e. The third-order valence-corrected chi connectivity index (χ3v) is 3.74. The molecule has 3 N–H and O–H groups in total. The van der Waals surface area contributed by atoms with Crippen LogP contribution in [0.4, 0.5) is 14.9 Å². The Morgan fingerprint density at radius 1 is 1.45 bits per heavy atom. The number of aliphatic hydroxyl groups excluding tert-OH is 1. The molecule has 1 aliphatic rings. The van der Waals surface area contributed by atoms with Crippen molar-refractivity contribution in [3.05, 3.63) is 29.6 Å². The van der Waals surface area contributed by atoms with E-state index in [9.17, 15) is 19.1 Å². The van der Waals surface area contributed by atoms with Gasteiger partial charge in [-0.1, -0.05) is 19.9 Å². The molecule has 0 bridgehead atoms. The van der Waals surface area contributed by atoms with Crippen molar-refractivity contribution in [2.24, 2.45) is 5.92 Å². The molecule has 120 valence electrons. The molecule has 22 heavy (non-hydrogen) atoms. The molecule has 1 saturated heterocycles. The van der Waals surface area contributed by atoms with Gasteiger partial charge in [0, 0.05) is 6.54 Å². The fraction of sp³-hybridized carbons (Fsp3) is 0.467. The molecule has 1 unspecified atom stereocenters. The average Bonchev–Trinajstić information content (AvgIpc) is 2.78. The van der Waals surface area contributed by atoms with E-state index in [0.717, 1.165) is 0 Å². The van der Waals surface area contributed by atoms with Crippen LogP contribution in [0.3, 0.4) is 0 Å². The van der Waals surface area contributed by atoms with Crippen LogP contribution in [0.2, 0.25) is 0 Å². The van der Waals surface area contributed by atoms with Gasteiger partial charge in [-0.2, -0.15) is 0 Å². The number of nitrogens with zero attached hydrogens (tertiary/aromatic N) is 1. The summed E-state index contributed by atoms with van der Waals surface area (Å²) in [6.07, 6.45) is -1.77. The summed E-state index contributed by atoms with van der Waals surface area (Å²) < 4.78 is 14.2. The number of aliphatic hydroxyl groups is 1. The molecule has 1 fully saturated rings.